The third kappa shape index (κ3) is 5.44. The lowest BCUT2D eigenvalue weighted by Gasteiger charge is -2.13. The van der Waals surface area contributed by atoms with E-state index in [9.17, 15) is 4.79 Å². The molecule has 0 aliphatic carbocycles. The molecule has 3 aromatic carbocycles. The van der Waals surface area contributed by atoms with Crippen molar-refractivity contribution in [3.63, 3.8) is 0 Å². The minimum atomic E-state index is -0.330. The number of benzene rings is 3. The fourth-order valence-corrected chi connectivity index (χ4v) is 3.65. The molecule has 0 fully saturated rings. The zero-order valence-corrected chi connectivity index (χ0v) is 17.2. The molecular formula is C22H21ClN2O2S. The summed E-state index contributed by atoms with van der Waals surface area (Å²) in [5.74, 6) is 0.666. The molecule has 0 bridgehead atoms. The molecule has 0 atom stereocenters. The molecule has 3 aromatic rings. The zero-order chi connectivity index (χ0) is 19.9. The molecular weight excluding hydrogens is 392 g/mol. The summed E-state index contributed by atoms with van der Waals surface area (Å²) in [5.41, 5.74) is 2.62. The van der Waals surface area contributed by atoms with Crippen molar-refractivity contribution in [2.45, 2.75) is 23.6 Å². The molecule has 0 aromatic heterocycles. The highest BCUT2D eigenvalue weighted by Crippen LogP contribution is 2.33. The molecule has 2 N–H and O–H groups in total. The second kappa shape index (κ2) is 9.53. The number of nitrogens with one attached hydrogen (secondary N) is 2. The fourth-order valence-electron chi connectivity index (χ4n) is 2.62. The minimum absolute atomic E-state index is 0.0559. The van der Waals surface area contributed by atoms with Crippen molar-refractivity contribution in [1.29, 1.82) is 0 Å². The molecule has 6 heteroatoms. The zero-order valence-electron chi connectivity index (χ0n) is 15.7. The van der Waals surface area contributed by atoms with Gasteiger partial charge in [0.2, 0.25) is 0 Å². The van der Waals surface area contributed by atoms with Gasteiger partial charge in [0.25, 0.3) is 0 Å². The van der Waals surface area contributed by atoms with E-state index in [1.54, 1.807) is 11.8 Å². The highest BCUT2D eigenvalue weighted by molar-refractivity contribution is 7.99. The van der Waals surface area contributed by atoms with Crippen LogP contribution in [0.3, 0.4) is 0 Å². The van der Waals surface area contributed by atoms with E-state index in [4.69, 9.17) is 16.3 Å². The van der Waals surface area contributed by atoms with E-state index >= 15 is 0 Å². The van der Waals surface area contributed by atoms with Crippen LogP contribution in [0.2, 0.25) is 5.02 Å². The lowest BCUT2D eigenvalue weighted by atomic mass is 10.1. The molecule has 0 heterocycles. The van der Waals surface area contributed by atoms with Gasteiger partial charge in [-0.25, -0.2) is 4.79 Å². The lowest BCUT2D eigenvalue weighted by Crippen LogP contribution is -2.32. The lowest BCUT2D eigenvalue weighted by molar-refractivity contribution is 0.234. The summed E-state index contributed by atoms with van der Waals surface area (Å²) in [6.07, 6.45) is 0. The van der Waals surface area contributed by atoms with Gasteiger partial charge in [-0.1, -0.05) is 53.7 Å². The first-order valence-electron chi connectivity index (χ1n) is 8.79. The topological polar surface area (TPSA) is 50.4 Å². The monoisotopic (exact) mass is 412 g/mol. The van der Waals surface area contributed by atoms with Crippen LogP contribution in [0.5, 0.6) is 5.75 Å². The molecule has 0 saturated carbocycles. The maximum atomic E-state index is 12.3. The van der Waals surface area contributed by atoms with Crippen LogP contribution in [0.1, 0.15) is 11.1 Å². The number of para-hydroxylation sites is 1. The second-order valence-electron chi connectivity index (χ2n) is 6.20. The van der Waals surface area contributed by atoms with Gasteiger partial charge < -0.3 is 15.4 Å². The van der Waals surface area contributed by atoms with Crippen molar-refractivity contribution >= 4 is 35.1 Å². The Labute approximate surface area is 174 Å². The Morgan fingerprint density at radius 2 is 1.64 bits per heavy atom. The van der Waals surface area contributed by atoms with Gasteiger partial charge in [-0.15, -0.1) is 0 Å². The normalized spacial score (nSPS) is 10.4. The van der Waals surface area contributed by atoms with Gasteiger partial charge in [-0.2, -0.15) is 0 Å². The molecule has 2 amide bonds. The first kappa shape index (κ1) is 20.1. The first-order valence-corrected chi connectivity index (χ1v) is 9.98. The summed E-state index contributed by atoms with van der Waals surface area (Å²) < 4.78 is 5.62. The predicted octanol–water partition coefficient (Wildman–Crippen LogP) is 6.27. The van der Waals surface area contributed by atoms with Crippen molar-refractivity contribution in [1.82, 2.24) is 5.32 Å². The quantitative estimate of drug-likeness (QED) is 0.469. The van der Waals surface area contributed by atoms with E-state index in [0.29, 0.717) is 5.75 Å². The Kier molecular flexibility index (Phi) is 6.85. The molecule has 0 aliphatic rings. The predicted molar refractivity (Wildman–Crippen MR) is 116 cm³/mol. The van der Waals surface area contributed by atoms with Crippen LogP contribution in [-0.2, 0) is 0 Å². The average Bonchev–Trinajstić information content (AvgIpc) is 2.68. The summed E-state index contributed by atoms with van der Waals surface area (Å²) >= 11 is 7.76. The maximum Gasteiger partial charge on any atom is 0.321 e. The van der Waals surface area contributed by atoms with Crippen LogP contribution >= 0.6 is 23.4 Å². The van der Waals surface area contributed by atoms with Crippen molar-refractivity contribution in [2.24, 2.45) is 0 Å². The number of carbonyl (C=O) groups is 1. The second-order valence-corrected chi connectivity index (χ2v) is 7.70. The van der Waals surface area contributed by atoms with Gasteiger partial charge in [0.15, 0.2) is 6.73 Å². The number of hydrogen-bond acceptors (Lipinski definition) is 3. The van der Waals surface area contributed by atoms with Crippen LogP contribution < -0.4 is 15.4 Å². The number of carbonyl (C=O) groups excluding carboxylic acids is 1. The van der Waals surface area contributed by atoms with E-state index in [1.807, 2.05) is 80.6 Å². The first-order chi connectivity index (χ1) is 13.5. The number of anilines is 1. The van der Waals surface area contributed by atoms with Gasteiger partial charge in [0.05, 0.1) is 5.69 Å². The van der Waals surface area contributed by atoms with Gasteiger partial charge in [-0.3, -0.25) is 0 Å². The molecule has 28 heavy (non-hydrogen) atoms. The van der Waals surface area contributed by atoms with Crippen molar-refractivity contribution < 1.29 is 9.53 Å². The van der Waals surface area contributed by atoms with Crippen LogP contribution in [-0.4, -0.2) is 12.8 Å². The number of rotatable bonds is 6. The Morgan fingerprint density at radius 1 is 1.00 bits per heavy atom. The smallest absolute Gasteiger partial charge is 0.321 e. The Bertz CT molecular complexity index is 941. The van der Waals surface area contributed by atoms with Crippen molar-refractivity contribution in [3.8, 4) is 5.75 Å². The SMILES string of the molecule is Cc1cc(OCNC(=O)Nc2ccccc2Sc2ccccc2)cc(C)c1Cl. The summed E-state index contributed by atoms with van der Waals surface area (Å²) in [6.45, 7) is 3.90. The van der Waals surface area contributed by atoms with E-state index in [-0.39, 0.29) is 12.8 Å². The average molecular weight is 413 g/mol. The number of hydrogen-bond donors (Lipinski definition) is 2. The standard InChI is InChI=1S/C22H21ClN2O2S/c1-15-12-17(13-16(2)21(15)23)27-14-24-22(26)25-19-10-6-7-11-20(19)28-18-8-4-3-5-9-18/h3-13H,14H2,1-2H3,(H2,24,25,26). The molecule has 0 radical (unpaired) electrons. The highest BCUT2D eigenvalue weighted by atomic mass is 35.5. The minimum Gasteiger partial charge on any atom is -0.473 e. The van der Waals surface area contributed by atoms with Crippen molar-refractivity contribution in [3.05, 3.63) is 82.9 Å². The van der Waals surface area contributed by atoms with Crippen LogP contribution in [0.4, 0.5) is 10.5 Å². The molecule has 3 rings (SSSR count). The third-order valence-corrected chi connectivity index (χ3v) is 5.67. The van der Waals surface area contributed by atoms with Gasteiger partial charge in [-0.05, 0) is 61.4 Å². The van der Waals surface area contributed by atoms with E-state index in [0.717, 1.165) is 31.6 Å². The van der Waals surface area contributed by atoms with Gasteiger partial charge in [0.1, 0.15) is 5.75 Å². The highest BCUT2D eigenvalue weighted by Gasteiger charge is 2.08. The molecule has 4 nitrogen and oxygen atoms in total. The van der Waals surface area contributed by atoms with Crippen LogP contribution in [0, 0.1) is 13.8 Å². The molecule has 0 unspecified atom stereocenters. The summed E-state index contributed by atoms with van der Waals surface area (Å²) in [6, 6.07) is 21.1. The van der Waals surface area contributed by atoms with Gasteiger partial charge >= 0.3 is 6.03 Å². The van der Waals surface area contributed by atoms with E-state index in [1.165, 1.54) is 0 Å². The largest absolute Gasteiger partial charge is 0.473 e. The molecule has 0 spiro atoms. The number of ether oxygens (including phenoxy) is 1. The van der Waals surface area contributed by atoms with Crippen LogP contribution in [0.15, 0.2) is 76.5 Å². The Morgan fingerprint density at radius 3 is 2.36 bits per heavy atom. The van der Waals surface area contributed by atoms with Crippen molar-refractivity contribution in [2.75, 3.05) is 12.0 Å². The molecule has 0 aliphatic heterocycles. The molecule has 144 valence electrons. The molecule has 0 saturated heterocycles. The van der Waals surface area contributed by atoms with E-state index < -0.39 is 0 Å². The Balaban J connectivity index is 1.57. The number of urea groups is 1. The summed E-state index contributed by atoms with van der Waals surface area (Å²) in [4.78, 5) is 14.3. The Hall–Kier alpha value is -2.63. The number of amides is 2. The third-order valence-electron chi connectivity index (χ3n) is 3.99. The summed E-state index contributed by atoms with van der Waals surface area (Å²) in [5, 5.41) is 6.31. The van der Waals surface area contributed by atoms with E-state index in [2.05, 4.69) is 10.6 Å². The number of halogens is 1. The summed E-state index contributed by atoms with van der Waals surface area (Å²) in [7, 11) is 0. The fraction of sp³-hybridized carbons (Fsp3) is 0.136. The van der Waals surface area contributed by atoms with Crippen LogP contribution in [0.25, 0.3) is 0 Å². The number of aryl methyl sites for hydroxylation is 2. The van der Waals surface area contributed by atoms with Gasteiger partial charge in [0, 0.05) is 14.8 Å². The maximum absolute atomic E-state index is 12.3.